The molecule has 4 rings (SSSR count). The zero-order valence-corrected chi connectivity index (χ0v) is 17.4. The van der Waals surface area contributed by atoms with Crippen molar-refractivity contribution in [2.75, 3.05) is 32.5 Å². The maximum Gasteiger partial charge on any atom is 0.269 e. The molecule has 30 heavy (non-hydrogen) atoms. The lowest BCUT2D eigenvalue weighted by molar-refractivity contribution is -0.384. The fourth-order valence-corrected chi connectivity index (χ4v) is 3.89. The minimum absolute atomic E-state index is 0. The van der Waals surface area contributed by atoms with Gasteiger partial charge in [-0.2, -0.15) is 0 Å². The standard InChI is InChI=1S/C20H21N5O4.ClH/c1-23(2)14-7-8-24(11-14)20(27)12-3-5-17(21-10-12)18-15-9-13(25(28)29)4-6-16(15)22-19(18)26;/h3-6,9-10,14,18H,7-8,11H2,1-2H3,(H,22,26);1H. The highest BCUT2D eigenvalue weighted by atomic mass is 35.5. The minimum Gasteiger partial charge on any atom is -0.337 e. The van der Waals surface area contributed by atoms with Crippen molar-refractivity contribution < 1.29 is 14.5 Å². The Kier molecular flexibility index (Phi) is 6.04. The van der Waals surface area contributed by atoms with Crippen molar-refractivity contribution in [2.45, 2.75) is 18.4 Å². The van der Waals surface area contributed by atoms with Gasteiger partial charge in [0.2, 0.25) is 5.91 Å². The van der Waals surface area contributed by atoms with Crippen molar-refractivity contribution in [3.63, 3.8) is 0 Å². The zero-order valence-electron chi connectivity index (χ0n) is 16.6. The van der Waals surface area contributed by atoms with Gasteiger partial charge in [0.25, 0.3) is 11.6 Å². The topological polar surface area (TPSA) is 109 Å². The smallest absolute Gasteiger partial charge is 0.269 e. The molecule has 2 amide bonds. The SMILES string of the molecule is CN(C)C1CCN(C(=O)c2ccc(C3C(=O)Nc4ccc([N+](=O)[O-])cc43)nc2)C1.Cl. The molecule has 10 heteroatoms. The predicted molar refractivity (Wildman–Crippen MR) is 113 cm³/mol. The van der Waals surface area contributed by atoms with E-state index < -0.39 is 10.8 Å². The number of hydrogen-bond donors (Lipinski definition) is 1. The molecule has 0 saturated carbocycles. The molecule has 9 nitrogen and oxygen atoms in total. The van der Waals surface area contributed by atoms with Gasteiger partial charge < -0.3 is 15.1 Å². The van der Waals surface area contributed by atoms with E-state index in [1.165, 1.54) is 24.4 Å². The van der Waals surface area contributed by atoms with E-state index in [4.69, 9.17) is 0 Å². The lowest BCUT2D eigenvalue weighted by Gasteiger charge is -2.20. The van der Waals surface area contributed by atoms with E-state index in [2.05, 4.69) is 15.2 Å². The van der Waals surface area contributed by atoms with Gasteiger partial charge in [-0.25, -0.2) is 0 Å². The van der Waals surface area contributed by atoms with Gasteiger partial charge in [-0.15, -0.1) is 12.4 Å². The molecule has 0 bridgehead atoms. The van der Waals surface area contributed by atoms with Crippen molar-refractivity contribution in [1.29, 1.82) is 0 Å². The van der Waals surface area contributed by atoms with Crippen LogP contribution in [-0.2, 0) is 4.79 Å². The van der Waals surface area contributed by atoms with Gasteiger partial charge in [-0.1, -0.05) is 0 Å². The van der Waals surface area contributed by atoms with Crippen LogP contribution in [0.4, 0.5) is 11.4 Å². The Hall–Kier alpha value is -3.04. The Morgan fingerprint density at radius 3 is 2.67 bits per heavy atom. The second-order valence-electron chi connectivity index (χ2n) is 7.58. The van der Waals surface area contributed by atoms with Gasteiger partial charge >= 0.3 is 0 Å². The Balaban J connectivity index is 0.00000256. The van der Waals surface area contributed by atoms with E-state index >= 15 is 0 Å². The molecule has 2 aliphatic rings. The Morgan fingerprint density at radius 1 is 1.30 bits per heavy atom. The summed E-state index contributed by atoms with van der Waals surface area (Å²) in [4.78, 5) is 44.0. The third-order valence-electron chi connectivity index (χ3n) is 5.59. The van der Waals surface area contributed by atoms with Crippen LogP contribution in [0, 0.1) is 10.1 Å². The number of fused-ring (bicyclic) bond motifs is 1. The average Bonchev–Trinajstić information content (AvgIpc) is 3.31. The number of nitro groups is 1. The van der Waals surface area contributed by atoms with Crippen molar-refractivity contribution in [2.24, 2.45) is 0 Å². The third kappa shape index (κ3) is 3.86. The van der Waals surface area contributed by atoms with E-state index in [1.54, 1.807) is 12.1 Å². The van der Waals surface area contributed by atoms with Crippen LogP contribution in [0.1, 0.15) is 34.0 Å². The fourth-order valence-electron chi connectivity index (χ4n) is 3.89. The largest absolute Gasteiger partial charge is 0.337 e. The number of hydrogen-bond acceptors (Lipinski definition) is 6. The normalized spacial score (nSPS) is 20.0. The molecule has 2 unspecified atom stereocenters. The summed E-state index contributed by atoms with van der Waals surface area (Å²) in [6.45, 7) is 1.38. The monoisotopic (exact) mass is 431 g/mol. The number of likely N-dealkylation sites (tertiary alicyclic amines) is 1. The molecule has 1 aromatic carbocycles. The van der Waals surface area contributed by atoms with Crippen molar-refractivity contribution in [1.82, 2.24) is 14.8 Å². The number of amides is 2. The molecule has 1 saturated heterocycles. The number of non-ortho nitro benzene ring substituents is 1. The molecule has 0 radical (unpaired) electrons. The second-order valence-corrected chi connectivity index (χ2v) is 7.58. The summed E-state index contributed by atoms with van der Waals surface area (Å²) in [5.41, 5.74) is 1.89. The molecule has 3 heterocycles. The molecule has 1 N–H and O–H groups in total. The number of anilines is 1. The van der Waals surface area contributed by atoms with Gasteiger partial charge in [-0.3, -0.25) is 24.7 Å². The molecule has 0 aliphatic carbocycles. The summed E-state index contributed by atoms with van der Waals surface area (Å²) in [5, 5.41) is 13.8. The van der Waals surface area contributed by atoms with Crippen LogP contribution in [-0.4, -0.2) is 64.7 Å². The number of pyridine rings is 1. The first-order valence-corrected chi connectivity index (χ1v) is 9.36. The number of nitrogens with zero attached hydrogens (tertiary/aromatic N) is 4. The quantitative estimate of drug-likeness (QED) is 0.587. The average molecular weight is 432 g/mol. The van der Waals surface area contributed by atoms with E-state index in [0.717, 1.165) is 6.42 Å². The second kappa shape index (κ2) is 8.37. The van der Waals surface area contributed by atoms with E-state index in [1.807, 2.05) is 19.0 Å². The van der Waals surface area contributed by atoms with Crippen molar-refractivity contribution >= 4 is 35.6 Å². The first kappa shape index (κ1) is 21.7. The highest BCUT2D eigenvalue weighted by molar-refractivity contribution is 6.05. The first-order chi connectivity index (χ1) is 13.8. The maximum atomic E-state index is 12.7. The van der Waals surface area contributed by atoms with Crippen LogP contribution in [0.15, 0.2) is 36.5 Å². The number of halogens is 1. The van der Waals surface area contributed by atoms with Gasteiger partial charge in [0.1, 0.15) is 5.92 Å². The van der Waals surface area contributed by atoms with Gasteiger partial charge in [0, 0.05) is 48.7 Å². The fraction of sp³-hybridized carbons (Fsp3) is 0.350. The predicted octanol–water partition coefficient (Wildman–Crippen LogP) is 2.27. The number of likely N-dealkylation sites (N-methyl/N-ethyl adjacent to an activating group) is 1. The van der Waals surface area contributed by atoms with Crippen LogP contribution >= 0.6 is 12.4 Å². The first-order valence-electron chi connectivity index (χ1n) is 9.36. The maximum absolute atomic E-state index is 12.7. The van der Waals surface area contributed by atoms with E-state index in [9.17, 15) is 19.7 Å². The number of rotatable bonds is 4. The summed E-state index contributed by atoms with van der Waals surface area (Å²) >= 11 is 0. The molecule has 2 atom stereocenters. The summed E-state index contributed by atoms with van der Waals surface area (Å²) < 4.78 is 0. The van der Waals surface area contributed by atoms with Crippen molar-refractivity contribution in [3.8, 4) is 0 Å². The lowest BCUT2D eigenvalue weighted by Crippen LogP contribution is -2.34. The molecular weight excluding hydrogens is 410 g/mol. The van der Waals surface area contributed by atoms with E-state index in [-0.39, 0.29) is 29.9 Å². The molecule has 2 aliphatic heterocycles. The number of aromatic nitrogens is 1. The summed E-state index contributed by atoms with van der Waals surface area (Å²) in [5.74, 6) is -1.11. The Bertz CT molecular complexity index is 995. The van der Waals surface area contributed by atoms with E-state index in [0.29, 0.717) is 41.6 Å². The van der Waals surface area contributed by atoms with Gasteiger partial charge in [0.05, 0.1) is 16.2 Å². The van der Waals surface area contributed by atoms with Crippen LogP contribution < -0.4 is 5.32 Å². The summed E-state index contributed by atoms with van der Waals surface area (Å²) in [7, 11) is 4.01. The van der Waals surface area contributed by atoms with Crippen LogP contribution in [0.5, 0.6) is 0 Å². The zero-order chi connectivity index (χ0) is 20.7. The van der Waals surface area contributed by atoms with Gasteiger partial charge in [-0.05, 0) is 38.7 Å². The van der Waals surface area contributed by atoms with Crippen LogP contribution in [0.25, 0.3) is 0 Å². The van der Waals surface area contributed by atoms with Crippen molar-refractivity contribution in [3.05, 3.63) is 63.5 Å². The summed E-state index contributed by atoms with van der Waals surface area (Å²) in [6, 6.07) is 7.93. The highest BCUT2D eigenvalue weighted by Crippen LogP contribution is 2.38. The molecule has 1 aromatic heterocycles. The molecule has 158 valence electrons. The Morgan fingerprint density at radius 2 is 2.07 bits per heavy atom. The molecule has 2 aromatic rings. The van der Waals surface area contributed by atoms with Crippen LogP contribution in [0.2, 0.25) is 0 Å². The number of carbonyl (C=O) groups excluding carboxylic acids is 2. The molecule has 0 spiro atoms. The highest BCUT2D eigenvalue weighted by Gasteiger charge is 2.35. The minimum atomic E-state index is -0.737. The number of nitro benzene ring substituents is 1. The number of benzene rings is 1. The van der Waals surface area contributed by atoms with Gasteiger partial charge in [0.15, 0.2) is 0 Å². The molecule has 1 fully saturated rings. The number of nitrogens with one attached hydrogen (secondary N) is 1. The Labute approximate surface area is 179 Å². The molecular formula is C20H22ClN5O4. The third-order valence-corrected chi connectivity index (χ3v) is 5.59. The van der Waals surface area contributed by atoms with Crippen LogP contribution in [0.3, 0.4) is 0 Å². The lowest BCUT2D eigenvalue weighted by atomic mass is 9.96. The number of carbonyl (C=O) groups is 2. The summed E-state index contributed by atoms with van der Waals surface area (Å²) in [6.07, 6.45) is 2.41.